The second-order valence-corrected chi connectivity index (χ2v) is 16.1. The molecule has 0 saturated heterocycles. The number of hydrogen-bond donors (Lipinski definition) is 2. The summed E-state index contributed by atoms with van der Waals surface area (Å²) in [6, 6.07) is 5.05. The number of amides is 1. The first-order chi connectivity index (χ1) is 29.9. The highest BCUT2D eigenvalue weighted by Gasteiger charge is 2.51. The maximum atomic E-state index is 14.5. The first-order valence-electron chi connectivity index (χ1n) is 21.5. The van der Waals surface area contributed by atoms with Gasteiger partial charge in [-0.3, -0.25) is 14.4 Å². The van der Waals surface area contributed by atoms with Crippen molar-refractivity contribution in [2.75, 3.05) is 20.3 Å². The third-order valence-corrected chi connectivity index (χ3v) is 9.64. The van der Waals surface area contributed by atoms with Crippen LogP contribution in [0.4, 0.5) is 0 Å². The largest absolute Gasteiger partial charge is 0.519 e. The quantitative estimate of drug-likeness (QED) is 0.0299. The van der Waals surface area contributed by atoms with Gasteiger partial charge in [-0.2, -0.15) is 0 Å². The number of allylic oxidation sites excluding steroid dienone is 1. The van der Waals surface area contributed by atoms with E-state index in [9.17, 15) is 38.7 Å². The second kappa shape index (κ2) is 28.1. The highest BCUT2D eigenvalue weighted by atomic mass is 16.6. The van der Waals surface area contributed by atoms with Crippen molar-refractivity contribution in [1.82, 2.24) is 5.32 Å². The first-order valence-corrected chi connectivity index (χ1v) is 21.5. The number of methoxy groups -OCH3 is 1. The fourth-order valence-corrected chi connectivity index (χ4v) is 6.18. The number of ether oxygens (including phenoxy) is 5. The van der Waals surface area contributed by atoms with E-state index in [0.29, 0.717) is 37.0 Å². The summed E-state index contributed by atoms with van der Waals surface area (Å²) in [5.41, 5.74) is -3.60. The maximum absolute atomic E-state index is 14.5. The maximum Gasteiger partial charge on any atom is 0.519 e. The lowest BCUT2D eigenvalue weighted by atomic mass is 9.82. The summed E-state index contributed by atoms with van der Waals surface area (Å²) < 4.78 is 35.8. The van der Waals surface area contributed by atoms with Crippen LogP contribution >= 0.6 is 0 Å². The van der Waals surface area contributed by atoms with Crippen molar-refractivity contribution in [3.8, 4) is 17.6 Å². The van der Waals surface area contributed by atoms with Crippen molar-refractivity contribution in [2.24, 2.45) is 5.92 Å². The Hall–Kier alpha value is -5.69. The molecule has 0 aliphatic rings. The monoisotopic (exact) mass is 883 g/mol. The minimum Gasteiger partial charge on any atom is -0.481 e. The average molecular weight is 884 g/mol. The van der Waals surface area contributed by atoms with E-state index in [1.165, 1.54) is 40.2 Å². The van der Waals surface area contributed by atoms with Crippen LogP contribution < -0.4 is 15.9 Å². The van der Waals surface area contributed by atoms with Crippen molar-refractivity contribution in [3.05, 3.63) is 64.1 Å². The van der Waals surface area contributed by atoms with Gasteiger partial charge in [-0.25, -0.2) is 19.2 Å². The van der Waals surface area contributed by atoms with Crippen LogP contribution in [0.2, 0.25) is 0 Å². The molecule has 348 valence electrons. The van der Waals surface area contributed by atoms with Crippen molar-refractivity contribution in [2.45, 2.75) is 155 Å². The number of hydrogen-bond acceptors (Lipinski definition) is 15. The van der Waals surface area contributed by atoms with E-state index in [1.54, 1.807) is 37.3 Å². The standard InChI is InChI=1S/C47H65NO15/c1-8-10-12-15-18-21-35(49)22-19-16-13-14-17-20-23-37(47(56,44(54)63-46(4,5)6)30-40(50)59-31-39-33(3)61-45(55)62-39)42(52)48-38(43(53)60-32-41(51)57-7)29-34-24-26-36(27-25-34)58-28-11-9-2/h20,23-27,37-38,56H,8,10,12-19,21-22,28-32H2,1-7H3,(H,48,52)/b23-20+/t37?,38-,47-/m0/s1. The van der Waals surface area contributed by atoms with E-state index >= 15 is 0 Å². The molecule has 0 fully saturated rings. The molecule has 1 amide bonds. The van der Waals surface area contributed by atoms with Crippen LogP contribution in [0.15, 0.2) is 50.0 Å². The molecule has 0 spiro atoms. The molecule has 1 unspecified atom stereocenters. The number of esters is 4. The number of aryl methyl sites for hydroxylation is 1. The summed E-state index contributed by atoms with van der Waals surface area (Å²) in [7, 11) is 1.11. The van der Waals surface area contributed by atoms with Gasteiger partial charge in [0.15, 0.2) is 30.3 Å². The van der Waals surface area contributed by atoms with E-state index in [2.05, 4.69) is 28.8 Å². The number of benzene rings is 1. The Labute approximate surface area is 369 Å². The predicted octanol–water partition coefficient (Wildman–Crippen LogP) is 6.34. The van der Waals surface area contributed by atoms with Crippen molar-refractivity contribution in [1.29, 1.82) is 0 Å². The van der Waals surface area contributed by atoms with Crippen LogP contribution in [0.5, 0.6) is 5.75 Å². The van der Waals surface area contributed by atoms with Gasteiger partial charge in [0.05, 0.1) is 19.4 Å². The normalized spacial score (nSPS) is 13.1. The van der Waals surface area contributed by atoms with E-state index in [0.717, 1.165) is 52.1 Å². The molecule has 16 nitrogen and oxygen atoms in total. The Morgan fingerprint density at radius 1 is 0.889 bits per heavy atom. The van der Waals surface area contributed by atoms with Crippen LogP contribution in [0.3, 0.4) is 0 Å². The number of nitrogens with one attached hydrogen (secondary N) is 1. The number of unbranched alkanes of at least 4 members (excludes halogenated alkanes) is 8. The van der Waals surface area contributed by atoms with Gasteiger partial charge >= 0.3 is 29.7 Å². The number of ketones is 1. The first kappa shape index (κ1) is 53.4. The van der Waals surface area contributed by atoms with Gasteiger partial charge in [-0.15, -0.1) is 5.92 Å². The average Bonchev–Trinajstić information content (AvgIpc) is 3.56. The highest BCUT2D eigenvalue weighted by Crippen LogP contribution is 2.30. The molecular formula is C47H65NO15. The summed E-state index contributed by atoms with van der Waals surface area (Å²) in [6.07, 6.45) is 11.3. The lowest BCUT2D eigenvalue weighted by molar-refractivity contribution is -0.188. The van der Waals surface area contributed by atoms with Crippen molar-refractivity contribution >= 4 is 35.6 Å². The molecule has 2 rings (SSSR count). The van der Waals surface area contributed by atoms with E-state index in [4.69, 9.17) is 27.8 Å². The smallest absolute Gasteiger partial charge is 0.481 e. The van der Waals surface area contributed by atoms with E-state index in [-0.39, 0.29) is 30.3 Å². The molecular weight excluding hydrogens is 819 g/mol. The Kier molecular flexibility index (Phi) is 23.8. The Morgan fingerprint density at radius 3 is 2.13 bits per heavy atom. The third-order valence-electron chi connectivity index (χ3n) is 9.64. The van der Waals surface area contributed by atoms with E-state index in [1.807, 2.05) is 0 Å². The molecule has 2 aromatic rings. The zero-order valence-corrected chi connectivity index (χ0v) is 37.8. The molecule has 0 radical (unpaired) electrons. The second-order valence-electron chi connectivity index (χ2n) is 16.1. The van der Waals surface area contributed by atoms with Gasteiger partial charge in [-0.05, 0) is 78.0 Å². The minimum atomic E-state index is -2.92. The van der Waals surface area contributed by atoms with Gasteiger partial charge in [0.25, 0.3) is 0 Å². The predicted molar refractivity (Wildman–Crippen MR) is 230 cm³/mol. The molecule has 1 aromatic heterocycles. The zero-order valence-electron chi connectivity index (χ0n) is 37.8. The Bertz CT molecular complexity index is 1930. The SMILES string of the molecule is CC#CCOc1ccc(C[C@H](NC(=O)C(/C=C/CCCCCCC(=O)CCCCCCC)[C@@](O)(CC(=O)OCc2oc(=O)oc2C)C(=O)OC(C)(C)C)C(=O)OCC(=O)OC)cc1. The molecule has 16 heteroatoms. The van der Waals surface area contributed by atoms with Crippen LogP contribution in [0.1, 0.15) is 135 Å². The van der Waals surface area contributed by atoms with Crippen LogP contribution in [0, 0.1) is 24.7 Å². The fraction of sp³-hybridized carbons (Fsp3) is 0.596. The summed E-state index contributed by atoms with van der Waals surface area (Å²) in [5.74, 6) is -2.21. The number of Topliss-reactive ketones (excluding diaryl/α,β-unsaturated/α-hetero) is 1. The number of carbonyl (C=O) groups excluding carboxylic acids is 6. The van der Waals surface area contributed by atoms with Crippen molar-refractivity contribution in [3.63, 3.8) is 0 Å². The number of rotatable bonds is 29. The van der Waals surface area contributed by atoms with Crippen LogP contribution in [-0.2, 0) is 60.7 Å². The van der Waals surface area contributed by atoms with Gasteiger partial charge in [0.2, 0.25) is 5.91 Å². The van der Waals surface area contributed by atoms with Crippen molar-refractivity contribution < 1.29 is 66.4 Å². The highest BCUT2D eigenvalue weighted by molar-refractivity contribution is 5.96. The number of carbonyl (C=O) groups is 6. The van der Waals surface area contributed by atoms with Gasteiger partial charge in [0.1, 0.15) is 29.8 Å². The third kappa shape index (κ3) is 20.8. The fourth-order valence-electron chi connectivity index (χ4n) is 6.18. The lowest BCUT2D eigenvalue weighted by Crippen LogP contribution is -2.57. The summed E-state index contributed by atoms with van der Waals surface area (Å²) >= 11 is 0. The topological polar surface area (TPSA) is 224 Å². The molecule has 0 bridgehead atoms. The van der Waals surface area contributed by atoms with Gasteiger partial charge in [-0.1, -0.05) is 75.7 Å². The van der Waals surface area contributed by atoms with Gasteiger partial charge in [0, 0.05) is 19.3 Å². The Balaban J connectivity index is 2.42. The number of aliphatic hydroxyl groups is 1. The molecule has 3 atom stereocenters. The summed E-state index contributed by atoms with van der Waals surface area (Å²) in [5, 5.41) is 14.8. The molecule has 2 N–H and O–H groups in total. The summed E-state index contributed by atoms with van der Waals surface area (Å²) in [4.78, 5) is 91.1. The van der Waals surface area contributed by atoms with E-state index < -0.39 is 78.4 Å². The Morgan fingerprint density at radius 2 is 1.54 bits per heavy atom. The molecule has 63 heavy (non-hydrogen) atoms. The zero-order chi connectivity index (χ0) is 46.8. The molecule has 1 heterocycles. The van der Waals surface area contributed by atoms with Gasteiger partial charge < -0.3 is 42.9 Å². The minimum absolute atomic E-state index is 0.0397. The molecule has 0 aliphatic heterocycles. The molecule has 1 aromatic carbocycles. The molecule has 0 aliphatic carbocycles. The molecule has 0 saturated carbocycles. The van der Waals surface area contributed by atoms with Crippen LogP contribution in [0.25, 0.3) is 0 Å². The van der Waals surface area contributed by atoms with Crippen LogP contribution in [-0.4, -0.2) is 78.2 Å². The lowest BCUT2D eigenvalue weighted by Gasteiger charge is -2.34. The summed E-state index contributed by atoms with van der Waals surface area (Å²) in [6.45, 7) is 8.60.